The molecule has 19 aromatic rings. The highest BCUT2D eigenvalue weighted by Crippen LogP contribution is 2.58. The molecule has 0 bridgehead atoms. The van der Waals surface area contributed by atoms with E-state index < -0.39 is 0 Å². The molecule has 0 saturated carbocycles. The number of fused-ring (bicyclic) bond motifs is 10. The van der Waals surface area contributed by atoms with Gasteiger partial charge in [0.15, 0.2) is 0 Å². The molecule has 19 rings (SSSR count). The fraction of sp³-hybridized carbons (Fsp3) is 0.111. The van der Waals surface area contributed by atoms with Crippen LogP contribution in [-0.2, 0) is 0 Å². The molecule has 0 fully saturated rings. The van der Waals surface area contributed by atoms with Crippen molar-refractivity contribution in [3.63, 3.8) is 0 Å². The lowest BCUT2D eigenvalue weighted by molar-refractivity contribution is 1.30. The molecule has 108 heavy (non-hydrogen) atoms. The van der Waals surface area contributed by atoms with E-state index in [2.05, 4.69) is 374 Å². The van der Waals surface area contributed by atoms with Gasteiger partial charge >= 0.3 is 0 Å². The van der Waals surface area contributed by atoms with Gasteiger partial charge in [-0.2, -0.15) is 0 Å². The number of hydrogen-bond acceptors (Lipinski definition) is 0. The van der Waals surface area contributed by atoms with Crippen LogP contribution in [0.3, 0.4) is 0 Å². The zero-order valence-corrected chi connectivity index (χ0v) is 63.7. The third-order valence-electron chi connectivity index (χ3n) is 23.9. The molecule has 0 atom stereocenters. The summed E-state index contributed by atoms with van der Waals surface area (Å²) < 4.78 is 0. The third-order valence-corrected chi connectivity index (χ3v) is 23.9. The average molecular weight is 1380 g/mol. The second-order valence-electron chi connectivity index (χ2n) is 31.1. The van der Waals surface area contributed by atoms with Gasteiger partial charge in [0.25, 0.3) is 0 Å². The van der Waals surface area contributed by atoms with Crippen molar-refractivity contribution in [2.75, 3.05) is 0 Å². The molecule has 0 heteroatoms. The topological polar surface area (TPSA) is 0 Å². The fourth-order valence-electron chi connectivity index (χ4n) is 20.4. The van der Waals surface area contributed by atoms with Crippen molar-refractivity contribution in [1.29, 1.82) is 0 Å². The molecule has 0 aliphatic heterocycles. The van der Waals surface area contributed by atoms with E-state index >= 15 is 0 Å². The lowest BCUT2D eigenvalue weighted by atomic mass is 9.69. The van der Waals surface area contributed by atoms with Gasteiger partial charge in [0.05, 0.1) is 66.8 Å². The summed E-state index contributed by atoms with van der Waals surface area (Å²) in [6.07, 6.45) is 0. The maximum Gasteiger partial charge on any atom is 0.0810 e. The second kappa shape index (κ2) is 25.7. The number of rotatable bonds is 10. The van der Waals surface area contributed by atoms with E-state index in [9.17, 15) is 0 Å². The molecule has 0 radical (unpaired) electrons. The van der Waals surface area contributed by atoms with Crippen molar-refractivity contribution in [3.05, 3.63) is 403 Å². The number of benzene rings is 19. The smallest absolute Gasteiger partial charge is 0.0606 e. The van der Waals surface area contributed by atoms with Gasteiger partial charge in [0, 0.05) is 108 Å². The summed E-state index contributed by atoms with van der Waals surface area (Å²) >= 11 is 0. The van der Waals surface area contributed by atoms with Crippen molar-refractivity contribution < 1.29 is 0 Å². The predicted octanol–water partition coefficient (Wildman–Crippen LogP) is 29.6. The highest BCUT2D eigenvalue weighted by Gasteiger charge is 2.42. The normalized spacial score (nSPS) is 11.9. The van der Waals surface area contributed by atoms with Crippen LogP contribution in [0.4, 0.5) is 0 Å². The first-order valence-electron chi connectivity index (χ1n) is 38.4. The molecule has 0 aliphatic rings. The van der Waals surface area contributed by atoms with Gasteiger partial charge in [-0.15, -0.1) is 0 Å². The SMILES string of the molecule is Cc1cc(C)c(-c2c3ccccc3c([C+](c3c4ccccc4c(-c4c(C)cc(C)cc4C)c4ccccc34)c3c4ccccc4c([C+](c4c5ccccc5c(-c5c(C)cc(C)cc5C)c5ccccc45)c4c5ccccc5c(-c5c(C)cc(C)cc5C)c5ccccc45)c4ccccc34)c3ccccc23)c(C)c1. The van der Waals surface area contributed by atoms with E-state index in [1.807, 2.05) is 0 Å². The van der Waals surface area contributed by atoms with Crippen LogP contribution in [0.2, 0.25) is 0 Å². The Labute approximate surface area is 634 Å². The van der Waals surface area contributed by atoms with Gasteiger partial charge in [-0.05, 0) is 271 Å². The maximum atomic E-state index is 2.47. The summed E-state index contributed by atoms with van der Waals surface area (Å²) in [7, 11) is 0. The van der Waals surface area contributed by atoms with Crippen LogP contribution in [0.25, 0.3) is 152 Å². The largest absolute Gasteiger partial charge is 0.0810 e. The minimum Gasteiger partial charge on any atom is -0.0606 e. The summed E-state index contributed by atoms with van der Waals surface area (Å²) in [5, 5.41) is 24.2. The third kappa shape index (κ3) is 10.1. The van der Waals surface area contributed by atoms with Gasteiger partial charge in [-0.3, -0.25) is 0 Å². The van der Waals surface area contributed by atoms with E-state index in [4.69, 9.17) is 0 Å². The Bertz CT molecular complexity index is 5910. The lowest BCUT2D eigenvalue weighted by Crippen LogP contribution is -2.14. The monoisotopic (exact) mass is 1380 g/mol. The van der Waals surface area contributed by atoms with Crippen LogP contribution in [0.15, 0.2) is 291 Å². The van der Waals surface area contributed by atoms with Crippen LogP contribution in [-0.4, -0.2) is 0 Å². The Hall–Kier alpha value is -12.5. The van der Waals surface area contributed by atoms with E-state index in [1.165, 1.54) is 264 Å². The summed E-state index contributed by atoms with van der Waals surface area (Å²) in [6.45, 7) is 27.4. The molecule has 0 N–H and O–H groups in total. The van der Waals surface area contributed by atoms with Gasteiger partial charge in [0.1, 0.15) is 0 Å². The zero-order chi connectivity index (χ0) is 73.7. The summed E-state index contributed by atoms with van der Waals surface area (Å²) in [6, 6.07) is 113. The van der Waals surface area contributed by atoms with Gasteiger partial charge in [-0.1, -0.05) is 192 Å². The molecular formula is C108H84+2. The van der Waals surface area contributed by atoms with Crippen molar-refractivity contribution in [1.82, 2.24) is 0 Å². The minimum absolute atomic E-state index is 1.18. The van der Waals surface area contributed by atoms with Crippen LogP contribution < -0.4 is 0 Å². The molecule has 0 unspecified atom stereocenters. The lowest BCUT2D eigenvalue weighted by Gasteiger charge is -2.28. The Morgan fingerprint density at radius 3 is 0.352 bits per heavy atom. The first-order chi connectivity index (χ1) is 52.6. The van der Waals surface area contributed by atoms with Crippen molar-refractivity contribution in [2.45, 2.75) is 83.1 Å². The predicted molar refractivity (Wildman–Crippen MR) is 467 cm³/mol. The fourth-order valence-corrected chi connectivity index (χ4v) is 20.4. The minimum atomic E-state index is 1.18. The van der Waals surface area contributed by atoms with Crippen molar-refractivity contribution in [2.24, 2.45) is 0 Å². The Morgan fingerprint density at radius 2 is 0.231 bits per heavy atom. The summed E-state index contributed by atoms with van der Waals surface area (Å²) in [5.74, 6) is 2.41. The van der Waals surface area contributed by atoms with E-state index in [0.29, 0.717) is 0 Å². The van der Waals surface area contributed by atoms with E-state index in [1.54, 1.807) is 0 Å². The molecule has 0 saturated heterocycles. The van der Waals surface area contributed by atoms with E-state index in [-0.39, 0.29) is 0 Å². The molecule has 19 aromatic carbocycles. The highest BCUT2D eigenvalue weighted by atomic mass is 14.4. The van der Waals surface area contributed by atoms with Crippen molar-refractivity contribution in [3.8, 4) is 44.5 Å². The summed E-state index contributed by atoms with van der Waals surface area (Å²) in [5.41, 5.74) is 32.8. The van der Waals surface area contributed by atoms with E-state index in [0.717, 1.165) is 0 Å². The molecular weight excluding hydrogens is 1300 g/mol. The molecule has 0 amide bonds. The van der Waals surface area contributed by atoms with Crippen LogP contribution in [0, 0.1) is 94.9 Å². The molecule has 514 valence electrons. The maximum absolute atomic E-state index is 2.47. The van der Waals surface area contributed by atoms with Crippen LogP contribution in [0.5, 0.6) is 0 Å². The van der Waals surface area contributed by atoms with Crippen molar-refractivity contribution >= 4 is 108 Å². The zero-order valence-electron chi connectivity index (χ0n) is 63.7. The summed E-state index contributed by atoms with van der Waals surface area (Å²) in [4.78, 5) is 0. The highest BCUT2D eigenvalue weighted by molar-refractivity contribution is 6.27. The average Bonchev–Trinajstić information content (AvgIpc) is 0.693. The molecule has 0 aliphatic carbocycles. The quantitative estimate of drug-likeness (QED) is 0.0727. The van der Waals surface area contributed by atoms with Gasteiger partial charge < -0.3 is 0 Å². The molecule has 0 nitrogen and oxygen atoms in total. The standard InChI is InChI=1S/C108H84/c1-61-53-65(5)93(66(6)54-61)97-73-33-13-21-41-81(73)101(82-42-22-14-34-74(82)97)107(102-83-43-23-15-35-75(83)98(76-36-16-24-44-84(76)102)94-67(7)55-62(2)56-68(94)8)105-89-49-29-31-51-91(89)106(92-52-32-30-50-90(92)105)108(103-85-45-25-17-37-77(85)99(78-38-18-26-46-86(78)103)95-69(9)57-63(3)58-70(95)10)104-87-47-27-19-39-79(87)100(80-40-20-28-48-88(80)104)96-71(11)59-64(4)60-72(96)12/h13-60H,1-12H3/q+2. The Morgan fingerprint density at radius 1 is 0.130 bits per heavy atom. The molecule has 0 aromatic heterocycles. The molecule has 0 spiro atoms. The first-order valence-corrected chi connectivity index (χ1v) is 38.4. The second-order valence-corrected chi connectivity index (χ2v) is 31.1. The Balaban J connectivity index is 1.04. The van der Waals surface area contributed by atoms with Crippen LogP contribution in [0.1, 0.15) is 100 Å². The van der Waals surface area contributed by atoms with Crippen LogP contribution >= 0.6 is 0 Å². The Kier molecular flexibility index (Phi) is 15.7. The molecule has 0 heterocycles. The number of aryl methyl sites for hydroxylation is 12. The van der Waals surface area contributed by atoms with Gasteiger partial charge in [-0.25, -0.2) is 0 Å². The number of hydrogen-bond donors (Lipinski definition) is 0. The van der Waals surface area contributed by atoms with Gasteiger partial charge in [0.2, 0.25) is 0 Å². The first kappa shape index (κ1) is 66.2.